The van der Waals surface area contributed by atoms with Crippen molar-refractivity contribution in [1.82, 2.24) is 10.2 Å². The second-order valence-electron chi connectivity index (χ2n) is 9.51. The Kier molecular flexibility index (Phi) is 6.01. The Balaban J connectivity index is 1.50. The van der Waals surface area contributed by atoms with Gasteiger partial charge in [-0.15, -0.1) is 0 Å². The van der Waals surface area contributed by atoms with Crippen LogP contribution >= 0.6 is 0 Å². The van der Waals surface area contributed by atoms with E-state index in [-0.39, 0.29) is 17.7 Å². The molecule has 0 bridgehead atoms. The van der Waals surface area contributed by atoms with Crippen LogP contribution in [0.5, 0.6) is 0 Å². The molecule has 5 heteroatoms. The molecule has 1 saturated heterocycles. The van der Waals surface area contributed by atoms with Gasteiger partial charge in [0, 0.05) is 31.9 Å². The number of amides is 2. The fourth-order valence-electron chi connectivity index (χ4n) is 5.96. The highest BCUT2D eigenvalue weighted by atomic mass is 16.5. The van der Waals surface area contributed by atoms with E-state index in [1.54, 1.807) is 0 Å². The average Bonchev–Trinajstić information content (AvgIpc) is 3.32. The molecule has 2 fully saturated rings. The van der Waals surface area contributed by atoms with E-state index in [2.05, 4.69) is 17.4 Å². The Labute approximate surface area is 190 Å². The molecule has 2 amide bonds. The normalized spacial score (nSPS) is 22.7. The summed E-state index contributed by atoms with van der Waals surface area (Å²) in [6, 6.07) is 17.9. The monoisotopic (exact) mass is 432 g/mol. The molecule has 1 aliphatic carbocycles. The van der Waals surface area contributed by atoms with Crippen molar-refractivity contribution in [3.63, 3.8) is 0 Å². The maximum atomic E-state index is 13.8. The highest BCUT2D eigenvalue weighted by Gasteiger charge is 2.55. The average molecular weight is 433 g/mol. The van der Waals surface area contributed by atoms with E-state index in [1.165, 1.54) is 0 Å². The van der Waals surface area contributed by atoms with Crippen LogP contribution in [0.4, 0.5) is 0 Å². The summed E-state index contributed by atoms with van der Waals surface area (Å²) in [7, 11) is 0. The molecular formula is C27H32N2O3. The van der Waals surface area contributed by atoms with Gasteiger partial charge in [0.05, 0.1) is 11.5 Å². The highest BCUT2D eigenvalue weighted by molar-refractivity contribution is 6.02. The van der Waals surface area contributed by atoms with E-state index in [9.17, 15) is 9.59 Å². The van der Waals surface area contributed by atoms with Crippen LogP contribution in [0.15, 0.2) is 54.6 Å². The zero-order chi connectivity index (χ0) is 22.0. The summed E-state index contributed by atoms with van der Waals surface area (Å²) in [4.78, 5) is 29.5. The van der Waals surface area contributed by atoms with Crippen molar-refractivity contribution in [3.8, 4) is 0 Å². The van der Waals surface area contributed by atoms with Crippen molar-refractivity contribution in [2.45, 2.75) is 56.5 Å². The van der Waals surface area contributed by atoms with E-state index in [1.807, 2.05) is 47.4 Å². The third-order valence-corrected chi connectivity index (χ3v) is 7.64. The summed E-state index contributed by atoms with van der Waals surface area (Å²) in [5.41, 5.74) is 2.22. The smallest absolute Gasteiger partial charge is 0.254 e. The fourth-order valence-corrected chi connectivity index (χ4v) is 5.96. The lowest BCUT2D eigenvalue weighted by Crippen LogP contribution is -2.60. The Morgan fingerprint density at radius 3 is 2.44 bits per heavy atom. The van der Waals surface area contributed by atoms with E-state index in [4.69, 9.17) is 4.74 Å². The minimum atomic E-state index is -0.457. The van der Waals surface area contributed by atoms with Crippen LogP contribution in [0.25, 0.3) is 0 Å². The van der Waals surface area contributed by atoms with Crippen LogP contribution in [0.3, 0.4) is 0 Å². The number of nitrogens with one attached hydrogen (secondary N) is 1. The summed E-state index contributed by atoms with van der Waals surface area (Å²) >= 11 is 0. The summed E-state index contributed by atoms with van der Waals surface area (Å²) in [6.07, 6.45) is 5.82. The number of rotatable bonds is 5. The molecule has 1 spiro atoms. The number of ether oxygens (including phenoxy) is 1. The maximum Gasteiger partial charge on any atom is 0.254 e. The van der Waals surface area contributed by atoms with Gasteiger partial charge >= 0.3 is 0 Å². The molecule has 2 aromatic rings. The minimum absolute atomic E-state index is 0.0554. The molecule has 5 nitrogen and oxygen atoms in total. The summed E-state index contributed by atoms with van der Waals surface area (Å²) in [5.74, 6) is 0.256. The molecule has 168 valence electrons. The van der Waals surface area contributed by atoms with Crippen molar-refractivity contribution >= 4 is 11.8 Å². The lowest BCUT2D eigenvalue weighted by atomic mass is 9.70. The van der Waals surface area contributed by atoms with Gasteiger partial charge in [-0.1, -0.05) is 61.4 Å². The molecule has 32 heavy (non-hydrogen) atoms. The minimum Gasteiger partial charge on any atom is -0.381 e. The predicted molar refractivity (Wildman–Crippen MR) is 123 cm³/mol. The Morgan fingerprint density at radius 1 is 1.00 bits per heavy atom. The maximum absolute atomic E-state index is 13.8. The number of carbonyl (C=O) groups is 2. The quantitative estimate of drug-likeness (QED) is 0.767. The topological polar surface area (TPSA) is 58.6 Å². The molecule has 1 saturated carbocycles. The van der Waals surface area contributed by atoms with Gasteiger partial charge < -0.3 is 15.0 Å². The van der Waals surface area contributed by atoms with Crippen LogP contribution in [-0.2, 0) is 16.1 Å². The summed E-state index contributed by atoms with van der Waals surface area (Å²) < 4.78 is 5.47. The SMILES string of the molecule is O=C(NCC1CCOCC1)[C@@H]1c2ccccc2C(=O)N(Cc2ccccc2)C12CCCC2. The van der Waals surface area contributed by atoms with Gasteiger partial charge in [0.15, 0.2) is 0 Å². The van der Waals surface area contributed by atoms with Crippen molar-refractivity contribution in [1.29, 1.82) is 0 Å². The van der Waals surface area contributed by atoms with Gasteiger partial charge in [-0.25, -0.2) is 0 Å². The number of benzene rings is 2. The van der Waals surface area contributed by atoms with Gasteiger partial charge in [-0.2, -0.15) is 0 Å². The standard InChI is InChI=1S/C27H32N2O3/c30-25(28-18-20-12-16-32-17-13-20)24-22-10-4-5-11-23(22)26(31)29(27(24)14-6-7-15-27)19-21-8-2-1-3-9-21/h1-5,8-11,20,24H,6-7,12-19H2,(H,28,30)/t24-/m0/s1. The van der Waals surface area contributed by atoms with Crippen LogP contribution in [-0.4, -0.2) is 42.0 Å². The number of hydrogen-bond donors (Lipinski definition) is 1. The van der Waals surface area contributed by atoms with Crippen molar-refractivity contribution in [2.75, 3.05) is 19.8 Å². The van der Waals surface area contributed by atoms with Crippen LogP contribution in [0.1, 0.15) is 65.9 Å². The molecule has 2 heterocycles. The summed E-state index contributed by atoms with van der Waals surface area (Å²) in [5, 5.41) is 3.28. The zero-order valence-electron chi connectivity index (χ0n) is 18.6. The first-order chi connectivity index (χ1) is 15.7. The third kappa shape index (κ3) is 3.83. The molecule has 0 radical (unpaired) electrons. The van der Waals surface area contributed by atoms with E-state index >= 15 is 0 Å². The van der Waals surface area contributed by atoms with E-state index in [0.717, 1.165) is 62.9 Å². The molecule has 0 unspecified atom stereocenters. The molecule has 2 aliphatic heterocycles. The fraction of sp³-hybridized carbons (Fsp3) is 0.481. The van der Waals surface area contributed by atoms with Gasteiger partial charge in [0.25, 0.3) is 5.91 Å². The van der Waals surface area contributed by atoms with E-state index < -0.39 is 5.54 Å². The van der Waals surface area contributed by atoms with Crippen molar-refractivity contribution < 1.29 is 14.3 Å². The molecule has 5 rings (SSSR count). The highest BCUT2D eigenvalue weighted by Crippen LogP contribution is 2.50. The van der Waals surface area contributed by atoms with Gasteiger partial charge in [0.1, 0.15) is 0 Å². The number of fused-ring (bicyclic) bond motifs is 1. The Hall–Kier alpha value is -2.66. The van der Waals surface area contributed by atoms with Crippen molar-refractivity contribution in [2.24, 2.45) is 5.92 Å². The van der Waals surface area contributed by atoms with Gasteiger partial charge in [0.2, 0.25) is 5.91 Å². The molecule has 1 N–H and O–H groups in total. The molecule has 1 atom stereocenters. The first-order valence-electron chi connectivity index (χ1n) is 12.0. The second kappa shape index (κ2) is 9.07. The molecule has 0 aromatic heterocycles. The molecular weight excluding hydrogens is 400 g/mol. The zero-order valence-corrected chi connectivity index (χ0v) is 18.6. The predicted octanol–water partition coefficient (Wildman–Crippen LogP) is 4.28. The third-order valence-electron chi connectivity index (χ3n) is 7.64. The first-order valence-corrected chi connectivity index (χ1v) is 12.0. The Bertz CT molecular complexity index is 962. The van der Waals surface area contributed by atoms with Crippen LogP contribution < -0.4 is 5.32 Å². The van der Waals surface area contributed by atoms with Gasteiger partial charge in [-0.05, 0) is 48.8 Å². The summed E-state index contributed by atoms with van der Waals surface area (Å²) in [6.45, 7) is 2.77. The Morgan fingerprint density at radius 2 is 1.69 bits per heavy atom. The number of carbonyl (C=O) groups excluding carboxylic acids is 2. The van der Waals surface area contributed by atoms with Crippen LogP contribution in [0, 0.1) is 5.92 Å². The largest absolute Gasteiger partial charge is 0.381 e. The van der Waals surface area contributed by atoms with Gasteiger partial charge in [-0.3, -0.25) is 9.59 Å². The first kappa shape index (κ1) is 21.2. The molecule has 3 aliphatic rings. The lowest BCUT2D eigenvalue weighted by molar-refractivity contribution is -0.126. The number of hydrogen-bond acceptors (Lipinski definition) is 3. The van der Waals surface area contributed by atoms with E-state index in [0.29, 0.717) is 24.6 Å². The number of nitrogens with zero attached hydrogens (tertiary/aromatic N) is 1. The van der Waals surface area contributed by atoms with Crippen LogP contribution in [0.2, 0.25) is 0 Å². The van der Waals surface area contributed by atoms with Crippen molar-refractivity contribution in [3.05, 3.63) is 71.3 Å². The second-order valence-corrected chi connectivity index (χ2v) is 9.51. The molecule has 2 aromatic carbocycles. The lowest BCUT2D eigenvalue weighted by Gasteiger charge is -2.50.